The van der Waals surface area contributed by atoms with E-state index >= 15 is 0 Å². The summed E-state index contributed by atoms with van der Waals surface area (Å²) < 4.78 is 16.2. The Labute approximate surface area is 189 Å². The summed E-state index contributed by atoms with van der Waals surface area (Å²) in [6.07, 6.45) is 1.59. The molecule has 0 saturated carbocycles. The highest BCUT2D eigenvalue weighted by atomic mass is 127. The summed E-state index contributed by atoms with van der Waals surface area (Å²) in [4.78, 5) is 11.1. The number of aromatic nitrogens is 2. The highest BCUT2D eigenvalue weighted by Gasteiger charge is 2.21. The molecule has 1 aromatic heterocycles. The Bertz CT molecular complexity index is 838. The monoisotopic (exact) mass is 515 g/mol. The van der Waals surface area contributed by atoms with E-state index in [1.54, 1.807) is 21.3 Å². The normalized spacial score (nSPS) is 13.7. The van der Waals surface area contributed by atoms with Crippen LogP contribution in [-0.4, -0.2) is 55.4 Å². The van der Waals surface area contributed by atoms with E-state index in [1.165, 1.54) is 11.1 Å². The third-order valence-electron chi connectivity index (χ3n) is 4.85. The molecule has 160 valence electrons. The number of rotatable bonds is 6. The molecule has 0 radical (unpaired) electrons. The fourth-order valence-electron chi connectivity index (χ4n) is 3.28. The van der Waals surface area contributed by atoms with Gasteiger partial charge in [-0.05, 0) is 29.7 Å². The molecule has 0 fully saturated rings. The van der Waals surface area contributed by atoms with Gasteiger partial charge in [0.1, 0.15) is 0 Å². The number of benzene rings is 1. The zero-order valence-corrected chi connectivity index (χ0v) is 20.0. The van der Waals surface area contributed by atoms with Crippen molar-refractivity contribution in [3.8, 4) is 11.5 Å². The van der Waals surface area contributed by atoms with Crippen LogP contribution in [0.25, 0.3) is 0 Å². The number of methoxy groups -OCH3 is 2. The molecule has 9 heteroatoms. The van der Waals surface area contributed by atoms with Crippen molar-refractivity contribution in [2.75, 3.05) is 34.4 Å². The lowest BCUT2D eigenvalue weighted by molar-refractivity contribution is 0.345. The van der Waals surface area contributed by atoms with Gasteiger partial charge in [0.15, 0.2) is 23.3 Å². The van der Waals surface area contributed by atoms with Gasteiger partial charge in [-0.15, -0.1) is 24.0 Å². The van der Waals surface area contributed by atoms with Gasteiger partial charge in [0.05, 0.1) is 14.2 Å². The minimum absolute atomic E-state index is 0. The van der Waals surface area contributed by atoms with Crippen molar-refractivity contribution >= 4 is 29.9 Å². The molecule has 3 rings (SSSR count). The number of hydrogen-bond acceptors (Lipinski definition) is 6. The molecule has 8 nitrogen and oxygen atoms in total. The highest BCUT2D eigenvalue weighted by molar-refractivity contribution is 14.0. The maximum absolute atomic E-state index is 5.44. The minimum Gasteiger partial charge on any atom is -0.493 e. The van der Waals surface area contributed by atoms with Crippen molar-refractivity contribution in [1.82, 2.24) is 20.4 Å². The van der Waals surface area contributed by atoms with Crippen molar-refractivity contribution in [2.24, 2.45) is 4.99 Å². The first kappa shape index (κ1) is 23.2. The molecule has 0 spiro atoms. The first-order valence-corrected chi connectivity index (χ1v) is 9.57. The topological polar surface area (TPSA) is 85.0 Å². The number of nitrogens with one attached hydrogen (secondary N) is 1. The van der Waals surface area contributed by atoms with Gasteiger partial charge in [-0.2, -0.15) is 4.98 Å². The lowest BCUT2D eigenvalue weighted by Crippen LogP contribution is -2.44. The predicted molar refractivity (Wildman–Crippen MR) is 123 cm³/mol. The third-order valence-corrected chi connectivity index (χ3v) is 4.85. The quantitative estimate of drug-likeness (QED) is 0.360. The largest absolute Gasteiger partial charge is 0.493 e. The summed E-state index contributed by atoms with van der Waals surface area (Å²) in [5, 5.41) is 7.40. The lowest BCUT2D eigenvalue weighted by atomic mass is 9.99. The van der Waals surface area contributed by atoms with Crippen LogP contribution in [0.3, 0.4) is 0 Å². The van der Waals surface area contributed by atoms with Crippen LogP contribution in [0.4, 0.5) is 0 Å². The Morgan fingerprint density at radius 1 is 1.24 bits per heavy atom. The minimum atomic E-state index is 0. The Balaban J connectivity index is 0.00000300. The highest BCUT2D eigenvalue weighted by Crippen LogP contribution is 2.33. The molecule has 0 amide bonds. The summed E-state index contributed by atoms with van der Waals surface area (Å²) in [6, 6.07) is 4.13. The molecule has 1 aliphatic rings. The Kier molecular flexibility index (Phi) is 8.54. The smallest absolute Gasteiger partial charge is 0.228 e. The number of nitrogens with zero attached hydrogens (tertiary/aromatic N) is 4. The van der Waals surface area contributed by atoms with Gasteiger partial charge in [-0.1, -0.05) is 19.0 Å². The van der Waals surface area contributed by atoms with Gasteiger partial charge in [0, 0.05) is 39.0 Å². The van der Waals surface area contributed by atoms with Gasteiger partial charge in [-0.3, -0.25) is 4.99 Å². The first-order valence-electron chi connectivity index (χ1n) is 9.57. The van der Waals surface area contributed by atoms with Crippen molar-refractivity contribution < 1.29 is 14.0 Å². The van der Waals surface area contributed by atoms with Gasteiger partial charge in [0.25, 0.3) is 0 Å². The maximum Gasteiger partial charge on any atom is 0.228 e. The lowest BCUT2D eigenvalue weighted by Gasteiger charge is -2.32. The maximum atomic E-state index is 5.44. The molecular formula is C20H30IN5O3. The fraction of sp³-hybridized carbons (Fsp3) is 0.550. The molecular weight excluding hydrogens is 485 g/mol. The number of aliphatic imine (C=N–C) groups is 1. The second kappa shape index (κ2) is 10.7. The van der Waals surface area contributed by atoms with E-state index in [2.05, 4.69) is 37.5 Å². The Morgan fingerprint density at radius 3 is 2.52 bits per heavy atom. The first-order chi connectivity index (χ1) is 13.5. The molecule has 2 heterocycles. The average molecular weight is 515 g/mol. The van der Waals surface area contributed by atoms with E-state index in [4.69, 9.17) is 14.0 Å². The van der Waals surface area contributed by atoms with E-state index in [9.17, 15) is 0 Å². The van der Waals surface area contributed by atoms with Crippen molar-refractivity contribution in [3.63, 3.8) is 0 Å². The van der Waals surface area contributed by atoms with E-state index in [0.29, 0.717) is 18.9 Å². The fourth-order valence-corrected chi connectivity index (χ4v) is 3.28. The number of hydrogen-bond donors (Lipinski definition) is 1. The average Bonchev–Trinajstić information content (AvgIpc) is 3.19. The van der Waals surface area contributed by atoms with E-state index in [-0.39, 0.29) is 29.9 Å². The summed E-state index contributed by atoms with van der Waals surface area (Å²) in [7, 11) is 5.13. The third kappa shape index (κ3) is 5.52. The van der Waals surface area contributed by atoms with Crippen LogP contribution < -0.4 is 14.8 Å². The summed E-state index contributed by atoms with van der Waals surface area (Å²) in [5.41, 5.74) is 2.52. The second-order valence-corrected chi connectivity index (χ2v) is 7.07. The molecule has 29 heavy (non-hydrogen) atoms. The van der Waals surface area contributed by atoms with Gasteiger partial charge >= 0.3 is 0 Å². The van der Waals surface area contributed by atoms with Crippen LogP contribution in [-0.2, 0) is 19.4 Å². The SMILES string of the molecule is CN=C(NCCc1nc(C(C)C)no1)N1CCc2cc(OC)c(OC)cc2C1.I. The van der Waals surface area contributed by atoms with E-state index < -0.39 is 0 Å². The van der Waals surface area contributed by atoms with Crippen molar-refractivity contribution in [2.45, 2.75) is 39.2 Å². The van der Waals surface area contributed by atoms with Gasteiger partial charge < -0.3 is 24.2 Å². The number of guanidine groups is 1. The molecule has 0 saturated heterocycles. The van der Waals surface area contributed by atoms with Crippen molar-refractivity contribution in [1.29, 1.82) is 0 Å². The summed E-state index contributed by atoms with van der Waals surface area (Å²) >= 11 is 0. The van der Waals surface area contributed by atoms with Gasteiger partial charge in [-0.25, -0.2) is 0 Å². The number of fused-ring (bicyclic) bond motifs is 1. The van der Waals surface area contributed by atoms with Crippen LogP contribution in [0.15, 0.2) is 21.6 Å². The molecule has 0 bridgehead atoms. The molecule has 1 aromatic carbocycles. The van der Waals surface area contributed by atoms with Crippen LogP contribution in [0.1, 0.15) is 42.6 Å². The molecule has 2 aromatic rings. The van der Waals surface area contributed by atoms with Crippen LogP contribution in [0.5, 0.6) is 11.5 Å². The molecule has 0 unspecified atom stereocenters. The molecule has 0 aliphatic carbocycles. The van der Waals surface area contributed by atoms with E-state index in [1.807, 2.05) is 13.8 Å². The number of ether oxygens (including phenoxy) is 2. The molecule has 1 aliphatic heterocycles. The standard InChI is InChI=1S/C20H29N5O3.HI/c1-13(2)19-23-18(28-24-19)6-8-22-20(21-3)25-9-7-14-10-16(26-4)17(27-5)11-15(14)12-25;/h10-11,13H,6-9,12H2,1-5H3,(H,21,22);1H. The second-order valence-electron chi connectivity index (χ2n) is 7.07. The zero-order chi connectivity index (χ0) is 20.1. The Hall–Kier alpha value is -2.04. The van der Waals surface area contributed by atoms with Crippen LogP contribution in [0.2, 0.25) is 0 Å². The van der Waals surface area contributed by atoms with E-state index in [0.717, 1.165) is 42.8 Å². The van der Waals surface area contributed by atoms with Gasteiger partial charge in [0.2, 0.25) is 5.89 Å². The van der Waals surface area contributed by atoms with Crippen LogP contribution >= 0.6 is 24.0 Å². The summed E-state index contributed by atoms with van der Waals surface area (Å²) in [6.45, 7) is 6.44. The predicted octanol–water partition coefficient (Wildman–Crippen LogP) is 3.00. The molecule has 1 N–H and O–H groups in total. The molecule has 0 atom stereocenters. The summed E-state index contributed by atoms with van der Waals surface area (Å²) in [5.74, 6) is 4.05. The number of halogens is 1. The van der Waals surface area contributed by atoms with Crippen LogP contribution in [0, 0.1) is 0 Å². The van der Waals surface area contributed by atoms with Crippen molar-refractivity contribution in [3.05, 3.63) is 35.0 Å². The Morgan fingerprint density at radius 2 is 1.93 bits per heavy atom. The zero-order valence-electron chi connectivity index (χ0n) is 17.7.